The zero-order valence-electron chi connectivity index (χ0n) is 17.7. The van der Waals surface area contributed by atoms with E-state index in [2.05, 4.69) is 20.2 Å². The molecule has 0 atom stereocenters. The van der Waals surface area contributed by atoms with Crippen LogP contribution in [0.15, 0.2) is 67.0 Å². The molecule has 9 nitrogen and oxygen atoms in total. The molecule has 1 saturated heterocycles. The van der Waals surface area contributed by atoms with Crippen LogP contribution in [0.1, 0.15) is 17.2 Å². The lowest BCUT2D eigenvalue weighted by Gasteiger charge is -2.34. The van der Waals surface area contributed by atoms with Crippen molar-refractivity contribution < 1.29 is 10.0 Å². The lowest BCUT2D eigenvalue weighted by molar-refractivity contribution is -0.383. The molecule has 0 bridgehead atoms. The molecule has 9 heteroatoms. The van der Waals surface area contributed by atoms with E-state index in [0.29, 0.717) is 38.5 Å². The molecular formula is C23H26N6O3. The quantitative estimate of drug-likeness (QED) is 0.412. The van der Waals surface area contributed by atoms with Crippen LogP contribution in [0.2, 0.25) is 0 Å². The van der Waals surface area contributed by atoms with Crippen molar-refractivity contribution >= 4 is 17.3 Å². The monoisotopic (exact) mass is 434 g/mol. The predicted octanol–water partition coefficient (Wildman–Crippen LogP) is 2.70. The number of benzene rings is 2. The Balaban J connectivity index is 1.67. The first-order valence-electron chi connectivity index (χ1n) is 10.6. The van der Waals surface area contributed by atoms with Crippen molar-refractivity contribution in [2.75, 3.05) is 49.5 Å². The number of β-amino-alcohol motifs (C(OH)–C–C–N with tert-alkyl or cyclic N) is 1. The van der Waals surface area contributed by atoms with Gasteiger partial charge in [0.25, 0.3) is 0 Å². The minimum Gasteiger partial charge on any atom is -0.395 e. The van der Waals surface area contributed by atoms with Gasteiger partial charge in [-0.3, -0.25) is 15.0 Å². The maximum Gasteiger partial charge on any atom is 0.353 e. The SMILES string of the molecule is O=[N+]([O-])c1c(NC(c2ccccc2)c2ccccc2)ncnc1N1CCN(CCO)CC1. The van der Waals surface area contributed by atoms with Crippen molar-refractivity contribution in [3.63, 3.8) is 0 Å². The molecule has 1 aromatic heterocycles. The molecule has 32 heavy (non-hydrogen) atoms. The van der Waals surface area contributed by atoms with Gasteiger partial charge >= 0.3 is 5.69 Å². The molecule has 0 radical (unpaired) electrons. The number of rotatable bonds is 8. The summed E-state index contributed by atoms with van der Waals surface area (Å²) in [5, 5.41) is 24.6. The van der Waals surface area contributed by atoms with E-state index in [9.17, 15) is 10.1 Å². The van der Waals surface area contributed by atoms with E-state index in [1.54, 1.807) is 0 Å². The Labute approximate surface area is 186 Å². The number of anilines is 2. The van der Waals surface area contributed by atoms with Crippen molar-refractivity contribution in [1.82, 2.24) is 14.9 Å². The number of nitrogens with one attached hydrogen (secondary N) is 1. The van der Waals surface area contributed by atoms with Crippen LogP contribution in [0.25, 0.3) is 0 Å². The predicted molar refractivity (Wildman–Crippen MR) is 123 cm³/mol. The van der Waals surface area contributed by atoms with Gasteiger partial charge < -0.3 is 15.3 Å². The number of aliphatic hydroxyl groups is 1. The molecule has 1 aliphatic heterocycles. The topological polar surface area (TPSA) is 108 Å². The van der Waals surface area contributed by atoms with Gasteiger partial charge in [0, 0.05) is 32.7 Å². The van der Waals surface area contributed by atoms with E-state index in [-0.39, 0.29) is 24.2 Å². The normalized spacial score (nSPS) is 14.5. The summed E-state index contributed by atoms with van der Waals surface area (Å²) in [5.74, 6) is 0.506. The summed E-state index contributed by atoms with van der Waals surface area (Å²) in [6, 6.07) is 19.3. The van der Waals surface area contributed by atoms with E-state index in [0.717, 1.165) is 11.1 Å². The first-order chi connectivity index (χ1) is 15.7. The van der Waals surface area contributed by atoms with E-state index < -0.39 is 4.92 Å². The van der Waals surface area contributed by atoms with Crippen molar-refractivity contribution in [2.24, 2.45) is 0 Å². The number of hydrogen-bond donors (Lipinski definition) is 2. The molecule has 2 heterocycles. The summed E-state index contributed by atoms with van der Waals surface area (Å²) < 4.78 is 0. The maximum absolute atomic E-state index is 12.1. The Hall–Kier alpha value is -3.56. The second kappa shape index (κ2) is 10.2. The van der Waals surface area contributed by atoms with Gasteiger partial charge in [0.15, 0.2) is 0 Å². The lowest BCUT2D eigenvalue weighted by Crippen LogP contribution is -2.47. The summed E-state index contributed by atoms with van der Waals surface area (Å²) in [5.41, 5.74) is 1.83. The third kappa shape index (κ3) is 4.84. The van der Waals surface area contributed by atoms with Gasteiger partial charge in [0.1, 0.15) is 6.33 Å². The van der Waals surface area contributed by atoms with E-state index >= 15 is 0 Å². The molecule has 0 amide bonds. The molecule has 2 N–H and O–H groups in total. The van der Waals surface area contributed by atoms with E-state index in [1.165, 1.54) is 6.33 Å². The fourth-order valence-electron chi connectivity index (χ4n) is 3.99. The molecule has 3 aromatic rings. The van der Waals surface area contributed by atoms with Crippen LogP contribution in [0, 0.1) is 10.1 Å². The largest absolute Gasteiger partial charge is 0.395 e. The van der Waals surface area contributed by atoms with Crippen molar-refractivity contribution in [3.05, 3.63) is 88.2 Å². The number of aliphatic hydroxyl groups excluding tert-OH is 1. The summed E-state index contributed by atoms with van der Waals surface area (Å²) in [6.07, 6.45) is 1.37. The fourth-order valence-corrected chi connectivity index (χ4v) is 3.99. The Morgan fingerprint density at radius 3 is 2.09 bits per heavy atom. The number of nitro groups is 1. The third-order valence-electron chi connectivity index (χ3n) is 5.62. The van der Waals surface area contributed by atoms with Gasteiger partial charge in [-0.2, -0.15) is 0 Å². The average molecular weight is 435 g/mol. The fraction of sp³-hybridized carbons (Fsp3) is 0.304. The molecule has 0 unspecified atom stereocenters. The average Bonchev–Trinajstić information content (AvgIpc) is 2.84. The molecule has 0 saturated carbocycles. The van der Waals surface area contributed by atoms with Gasteiger partial charge in [-0.05, 0) is 11.1 Å². The Morgan fingerprint density at radius 2 is 1.56 bits per heavy atom. The summed E-state index contributed by atoms with van der Waals surface area (Å²) >= 11 is 0. The zero-order valence-corrected chi connectivity index (χ0v) is 17.7. The Morgan fingerprint density at radius 1 is 0.969 bits per heavy atom. The molecule has 1 fully saturated rings. The molecule has 166 valence electrons. The Kier molecular flexibility index (Phi) is 6.88. The maximum atomic E-state index is 12.1. The van der Waals surface area contributed by atoms with Gasteiger partial charge in [-0.15, -0.1) is 0 Å². The van der Waals surface area contributed by atoms with Crippen molar-refractivity contribution in [2.45, 2.75) is 6.04 Å². The minimum absolute atomic E-state index is 0.0993. The molecule has 4 rings (SSSR count). The first-order valence-corrected chi connectivity index (χ1v) is 10.6. The highest BCUT2D eigenvalue weighted by Gasteiger charge is 2.30. The smallest absolute Gasteiger partial charge is 0.353 e. The number of nitrogens with zero attached hydrogens (tertiary/aromatic N) is 5. The van der Waals surface area contributed by atoms with Crippen LogP contribution in [-0.4, -0.2) is 64.2 Å². The standard InChI is InChI=1S/C23H26N6O3/c30-16-15-27-11-13-28(14-12-27)23-21(29(31)32)22(24-17-25-23)26-20(18-7-3-1-4-8-18)19-9-5-2-6-10-19/h1-10,17,20,30H,11-16H2,(H,24,25,26). The van der Waals surface area contributed by atoms with Crippen LogP contribution in [-0.2, 0) is 0 Å². The first kappa shape index (κ1) is 21.7. The highest BCUT2D eigenvalue weighted by atomic mass is 16.6. The van der Waals surface area contributed by atoms with Crippen LogP contribution in [0.3, 0.4) is 0 Å². The van der Waals surface area contributed by atoms with Crippen LogP contribution in [0.5, 0.6) is 0 Å². The van der Waals surface area contributed by atoms with Gasteiger partial charge in [-0.1, -0.05) is 60.7 Å². The molecular weight excluding hydrogens is 408 g/mol. The van der Waals surface area contributed by atoms with Crippen molar-refractivity contribution in [3.8, 4) is 0 Å². The highest BCUT2D eigenvalue weighted by molar-refractivity contribution is 5.71. The second-order valence-electron chi connectivity index (χ2n) is 7.60. The van der Waals surface area contributed by atoms with Gasteiger partial charge in [0.2, 0.25) is 11.6 Å². The number of hydrogen-bond acceptors (Lipinski definition) is 8. The highest BCUT2D eigenvalue weighted by Crippen LogP contribution is 2.35. The second-order valence-corrected chi connectivity index (χ2v) is 7.60. The van der Waals surface area contributed by atoms with Gasteiger partial charge in [-0.25, -0.2) is 9.97 Å². The number of piperazine rings is 1. The minimum atomic E-state index is -0.412. The number of aromatic nitrogens is 2. The molecule has 2 aromatic carbocycles. The third-order valence-corrected chi connectivity index (χ3v) is 5.62. The van der Waals surface area contributed by atoms with E-state index in [1.807, 2.05) is 65.6 Å². The van der Waals surface area contributed by atoms with Crippen LogP contribution < -0.4 is 10.2 Å². The van der Waals surface area contributed by atoms with Crippen molar-refractivity contribution in [1.29, 1.82) is 0 Å². The van der Waals surface area contributed by atoms with E-state index in [4.69, 9.17) is 5.11 Å². The summed E-state index contributed by atoms with van der Waals surface area (Å²) in [4.78, 5) is 24.3. The lowest BCUT2D eigenvalue weighted by atomic mass is 9.98. The summed E-state index contributed by atoms with van der Waals surface area (Å²) in [6.45, 7) is 3.31. The van der Waals surface area contributed by atoms with Crippen LogP contribution >= 0.6 is 0 Å². The van der Waals surface area contributed by atoms with Gasteiger partial charge in [0.05, 0.1) is 17.6 Å². The zero-order chi connectivity index (χ0) is 22.3. The summed E-state index contributed by atoms with van der Waals surface area (Å²) in [7, 11) is 0. The molecule has 1 aliphatic rings. The van der Waals surface area contributed by atoms with Crippen LogP contribution in [0.4, 0.5) is 17.3 Å². The molecule has 0 aliphatic carbocycles. The molecule has 0 spiro atoms. The Bertz CT molecular complexity index is 987.